The third-order valence-corrected chi connectivity index (χ3v) is 3.27. The molecule has 1 unspecified atom stereocenters. The van der Waals surface area contributed by atoms with Gasteiger partial charge in [0, 0.05) is 5.57 Å². The zero-order valence-corrected chi connectivity index (χ0v) is 11.6. The summed E-state index contributed by atoms with van der Waals surface area (Å²) < 4.78 is 0. The maximum Gasteiger partial charge on any atom is 0.319 e. The fraction of sp³-hybridized carbons (Fsp3) is 0.231. The van der Waals surface area contributed by atoms with Gasteiger partial charge >= 0.3 is 6.03 Å². The zero-order chi connectivity index (χ0) is 14.0. The molecule has 1 aromatic rings. The molecule has 1 atom stereocenters. The first-order chi connectivity index (χ1) is 9.00. The molecule has 2 amide bonds. The van der Waals surface area contributed by atoms with Gasteiger partial charge in [-0.1, -0.05) is 53.5 Å². The number of hydrogen-bond acceptors (Lipinski definition) is 2. The maximum absolute atomic E-state index is 11.8. The molecule has 4 nitrogen and oxygen atoms in total. The lowest BCUT2D eigenvalue weighted by Crippen LogP contribution is -2.46. The Balaban J connectivity index is 2.54. The molecule has 6 heteroatoms. The van der Waals surface area contributed by atoms with E-state index >= 15 is 0 Å². The summed E-state index contributed by atoms with van der Waals surface area (Å²) in [7, 11) is 0. The molecular formula is C13H12Cl2N2O2. The van der Waals surface area contributed by atoms with Gasteiger partial charge in [0.25, 0.3) is 0 Å². The lowest BCUT2D eigenvalue weighted by atomic mass is 9.93. The minimum absolute atomic E-state index is 0.192. The standard InChI is InChI=1S/C13H12Cl2N2O2/c1-7(18)9-10(8-5-3-2-4-6-8)16-13(19)17-11(9)12(14)15/h2-6,10,12H,1H3,(H2,16,17,19). The second-order valence-electron chi connectivity index (χ2n) is 4.13. The summed E-state index contributed by atoms with van der Waals surface area (Å²) in [6.07, 6.45) is 0. The molecule has 2 rings (SSSR count). The summed E-state index contributed by atoms with van der Waals surface area (Å²) in [5, 5.41) is 5.19. The molecule has 1 heterocycles. The molecule has 1 aliphatic rings. The number of nitrogens with one attached hydrogen (secondary N) is 2. The third kappa shape index (κ3) is 2.91. The Labute approximate surface area is 120 Å². The van der Waals surface area contributed by atoms with Gasteiger partial charge in [0.1, 0.15) is 4.84 Å². The number of allylic oxidation sites excluding steroid dienone is 1. The van der Waals surface area contributed by atoms with Crippen LogP contribution in [0.3, 0.4) is 0 Å². The number of amides is 2. The SMILES string of the molecule is CC(=O)C1=C(C(Cl)Cl)NC(=O)NC1c1ccccc1. The van der Waals surface area contributed by atoms with Crippen LogP contribution in [0.1, 0.15) is 18.5 Å². The van der Waals surface area contributed by atoms with Gasteiger partial charge < -0.3 is 10.6 Å². The van der Waals surface area contributed by atoms with Crippen LogP contribution in [0.4, 0.5) is 4.79 Å². The van der Waals surface area contributed by atoms with E-state index in [-0.39, 0.29) is 11.5 Å². The van der Waals surface area contributed by atoms with Gasteiger partial charge in [-0.15, -0.1) is 0 Å². The largest absolute Gasteiger partial charge is 0.327 e. The van der Waals surface area contributed by atoms with E-state index in [1.807, 2.05) is 30.3 Å². The van der Waals surface area contributed by atoms with Gasteiger partial charge in [-0.25, -0.2) is 4.79 Å². The van der Waals surface area contributed by atoms with E-state index in [2.05, 4.69) is 10.6 Å². The van der Waals surface area contributed by atoms with Crippen LogP contribution in [0.25, 0.3) is 0 Å². The van der Waals surface area contributed by atoms with E-state index in [4.69, 9.17) is 23.2 Å². The Morgan fingerprint density at radius 3 is 2.42 bits per heavy atom. The van der Waals surface area contributed by atoms with Crippen molar-refractivity contribution in [2.24, 2.45) is 0 Å². The molecule has 0 radical (unpaired) electrons. The predicted molar refractivity (Wildman–Crippen MR) is 74.1 cm³/mol. The Bertz CT molecular complexity index is 541. The fourth-order valence-corrected chi connectivity index (χ4v) is 2.39. The number of carbonyl (C=O) groups is 2. The van der Waals surface area contributed by atoms with Crippen molar-refractivity contribution < 1.29 is 9.59 Å². The summed E-state index contributed by atoms with van der Waals surface area (Å²) in [5.41, 5.74) is 1.42. The summed E-state index contributed by atoms with van der Waals surface area (Å²) in [6.45, 7) is 1.42. The highest BCUT2D eigenvalue weighted by Crippen LogP contribution is 2.30. The van der Waals surface area contributed by atoms with Gasteiger partial charge in [-0.05, 0) is 12.5 Å². The Morgan fingerprint density at radius 2 is 1.89 bits per heavy atom. The fourth-order valence-electron chi connectivity index (χ4n) is 2.04. The van der Waals surface area contributed by atoms with Crippen molar-refractivity contribution in [3.63, 3.8) is 0 Å². The molecule has 0 saturated carbocycles. The van der Waals surface area contributed by atoms with Crippen molar-refractivity contribution >= 4 is 35.0 Å². The first-order valence-electron chi connectivity index (χ1n) is 5.66. The number of alkyl halides is 2. The molecule has 1 aromatic carbocycles. The maximum atomic E-state index is 11.8. The van der Waals surface area contributed by atoms with Crippen LogP contribution in [-0.4, -0.2) is 16.7 Å². The van der Waals surface area contributed by atoms with Crippen LogP contribution >= 0.6 is 23.2 Å². The van der Waals surface area contributed by atoms with Crippen LogP contribution < -0.4 is 10.6 Å². The molecule has 0 spiro atoms. The van der Waals surface area contributed by atoms with Gasteiger partial charge in [-0.3, -0.25) is 4.79 Å². The van der Waals surface area contributed by atoms with Crippen LogP contribution in [0.2, 0.25) is 0 Å². The lowest BCUT2D eigenvalue weighted by Gasteiger charge is -2.29. The van der Waals surface area contributed by atoms with Crippen molar-refractivity contribution in [2.45, 2.75) is 17.8 Å². The average molecular weight is 299 g/mol. The highest BCUT2D eigenvalue weighted by Gasteiger charge is 2.32. The molecule has 0 aromatic heterocycles. The molecule has 0 aliphatic carbocycles. The van der Waals surface area contributed by atoms with E-state index < -0.39 is 16.9 Å². The average Bonchev–Trinajstić information content (AvgIpc) is 2.38. The Morgan fingerprint density at radius 1 is 1.26 bits per heavy atom. The Hall–Kier alpha value is -1.52. The van der Waals surface area contributed by atoms with E-state index in [0.29, 0.717) is 5.57 Å². The molecule has 0 saturated heterocycles. The predicted octanol–water partition coefficient (Wildman–Crippen LogP) is 2.69. The molecule has 100 valence electrons. The number of carbonyl (C=O) groups excluding carboxylic acids is 2. The number of benzene rings is 1. The number of rotatable bonds is 3. The van der Waals surface area contributed by atoms with Crippen molar-refractivity contribution in [2.75, 3.05) is 0 Å². The van der Waals surface area contributed by atoms with E-state index in [1.165, 1.54) is 6.92 Å². The minimum atomic E-state index is -0.962. The number of urea groups is 1. The quantitative estimate of drug-likeness (QED) is 0.843. The summed E-state index contributed by atoms with van der Waals surface area (Å²) in [6, 6.07) is 8.21. The molecule has 2 N–H and O–H groups in total. The van der Waals surface area contributed by atoms with Crippen LogP contribution in [0, 0.1) is 0 Å². The van der Waals surface area contributed by atoms with Gasteiger partial charge in [0.05, 0.1) is 11.7 Å². The second-order valence-corrected chi connectivity index (χ2v) is 5.22. The first-order valence-corrected chi connectivity index (χ1v) is 6.53. The summed E-state index contributed by atoms with van der Waals surface area (Å²) >= 11 is 11.7. The minimum Gasteiger partial charge on any atom is -0.327 e. The molecule has 19 heavy (non-hydrogen) atoms. The van der Waals surface area contributed by atoms with E-state index in [0.717, 1.165) is 5.56 Å². The number of ketones is 1. The highest BCUT2D eigenvalue weighted by atomic mass is 35.5. The van der Waals surface area contributed by atoms with Crippen molar-refractivity contribution in [1.29, 1.82) is 0 Å². The zero-order valence-electron chi connectivity index (χ0n) is 10.1. The number of hydrogen-bond donors (Lipinski definition) is 2. The topological polar surface area (TPSA) is 58.2 Å². The second kappa shape index (κ2) is 5.63. The van der Waals surface area contributed by atoms with E-state index in [9.17, 15) is 9.59 Å². The Kier molecular flexibility index (Phi) is 4.12. The van der Waals surface area contributed by atoms with E-state index in [1.54, 1.807) is 0 Å². The smallest absolute Gasteiger partial charge is 0.319 e. The van der Waals surface area contributed by atoms with Crippen LogP contribution in [0.15, 0.2) is 41.6 Å². The number of Topliss-reactive ketones (excluding diaryl/α,β-unsaturated/α-hetero) is 1. The third-order valence-electron chi connectivity index (χ3n) is 2.83. The monoisotopic (exact) mass is 298 g/mol. The van der Waals surface area contributed by atoms with Crippen LogP contribution in [0.5, 0.6) is 0 Å². The first kappa shape index (κ1) is 13.9. The normalized spacial score (nSPS) is 19.2. The number of halogens is 2. The van der Waals surface area contributed by atoms with Crippen molar-refractivity contribution in [3.8, 4) is 0 Å². The summed E-state index contributed by atoms with van der Waals surface area (Å²) in [5.74, 6) is -0.192. The molecule has 0 bridgehead atoms. The van der Waals surface area contributed by atoms with Crippen molar-refractivity contribution in [1.82, 2.24) is 10.6 Å². The lowest BCUT2D eigenvalue weighted by molar-refractivity contribution is -0.114. The molecular weight excluding hydrogens is 287 g/mol. The molecule has 1 aliphatic heterocycles. The summed E-state index contributed by atoms with van der Waals surface area (Å²) in [4.78, 5) is 22.5. The molecule has 0 fully saturated rings. The highest BCUT2D eigenvalue weighted by molar-refractivity contribution is 6.46. The van der Waals surface area contributed by atoms with Gasteiger partial charge in [0.2, 0.25) is 0 Å². The van der Waals surface area contributed by atoms with Gasteiger partial charge in [-0.2, -0.15) is 0 Å². The van der Waals surface area contributed by atoms with Crippen LogP contribution in [-0.2, 0) is 4.79 Å². The van der Waals surface area contributed by atoms with Gasteiger partial charge in [0.15, 0.2) is 5.78 Å². The van der Waals surface area contributed by atoms with Crippen molar-refractivity contribution in [3.05, 3.63) is 47.2 Å².